The third-order valence-electron chi connectivity index (χ3n) is 6.52. The van der Waals surface area contributed by atoms with E-state index >= 15 is 4.39 Å². The molecule has 0 bridgehead atoms. The third kappa shape index (κ3) is 5.30. The van der Waals surface area contributed by atoms with Crippen LogP contribution in [0.2, 0.25) is 18.1 Å². The van der Waals surface area contributed by atoms with Gasteiger partial charge < -0.3 is 24.4 Å². The predicted octanol–water partition coefficient (Wildman–Crippen LogP) is 4.41. The number of fused-ring (bicyclic) bond motifs is 1. The Morgan fingerprint density at radius 2 is 1.91 bits per heavy atom. The molecule has 0 radical (unpaired) electrons. The normalized spacial score (nSPS) is 22.9. The highest BCUT2D eigenvalue weighted by atomic mass is 32.1. The number of thiocarbonyl (C=S) groups is 1. The highest BCUT2D eigenvalue weighted by Gasteiger charge is 2.50. The van der Waals surface area contributed by atoms with Crippen LogP contribution in [0, 0.1) is 0 Å². The molecule has 1 fully saturated rings. The molecule has 0 aliphatic carbocycles. The lowest BCUT2D eigenvalue weighted by atomic mass is 10.1. The molecular formula is C23H30FN5O4SSi. The van der Waals surface area contributed by atoms with Crippen LogP contribution < -0.4 is 10.5 Å². The lowest BCUT2D eigenvalue weighted by Gasteiger charge is -2.37. The Hall–Kier alpha value is -2.67. The smallest absolute Gasteiger partial charge is 0.358 e. The monoisotopic (exact) mass is 519 g/mol. The maximum atomic E-state index is 15.8. The molecule has 1 aliphatic heterocycles. The Bertz CT molecular complexity index is 1190. The van der Waals surface area contributed by atoms with Crippen molar-refractivity contribution in [2.45, 2.75) is 63.5 Å². The third-order valence-corrected chi connectivity index (χ3v) is 11.2. The number of nitrogens with two attached hydrogens (primary N) is 1. The first-order valence-corrected chi connectivity index (χ1v) is 14.6. The summed E-state index contributed by atoms with van der Waals surface area (Å²) in [7, 11) is -2.14. The number of hydrogen-bond donors (Lipinski definition) is 1. The summed E-state index contributed by atoms with van der Waals surface area (Å²) in [5.41, 5.74) is 6.71. The largest absolute Gasteiger partial charge is 0.445 e. The van der Waals surface area contributed by atoms with Gasteiger partial charge in [0.05, 0.1) is 12.9 Å². The van der Waals surface area contributed by atoms with E-state index in [2.05, 4.69) is 48.8 Å². The molecule has 2 aromatic heterocycles. The molecule has 1 aromatic carbocycles. The quantitative estimate of drug-likeness (QED) is 0.374. The van der Waals surface area contributed by atoms with Gasteiger partial charge in [-0.05, 0) is 30.3 Å². The van der Waals surface area contributed by atoms with Gasteiger partial charge in [-0.25, -0.2) is 19.3 Å². The molecule has 1 saturated heterocycles. The summed E-state index contributed by atoms with van der Waals surface area (Å²) < 4.78 is 41.2. The van der Waals surface area contributed by atoms with Crippen molar-refractivity contribution in [2.75, 3.05) is 12.3 Å². The number of hydrogen-bond acceptors (Lipinski definition) is 9. The van der Waals surface area contributed by atoms with Crippen LogP contribution in [0.1, 0.15) is 27.0 Å². The van der Waals surface area contributed by atoms with Crippen molar-refractivity contribution >= 4 is 42.8 Å². The summed E-state index contributed by atoms with van der Waals surface area (Å²) in [6, 6.07) is 8.90. The molecule has 1 aliphatic rings. The van der Waals surface area contributed by atoms with Crippen molar-refractivity contribution in [3.63, 3.8) is 0 Å². The molecule has 0 saturated carbocycles. The van der Waals surface area contributed by atoms with E-state index in [1.54, 1.807) is 28.8 Å². The van der Waals surface area contributed by atoms with Gasteiger partial charge in [0.15, 0.2) is 38.3 Å². The van der Waals surface area contributed by atoms with Gasteiger partial charge in [-0.1, -0.05) is 39.0 Å². The number of aromatic nitrogens is 4. The molecular weight excluding hydrogens is 489 g/mol. The predicted molar refractivity (Wildman–Crippen MR) is 136 cm³/mol. The van der Waals surface area contributed by atoms with E-state index in [1.807, 2.05) is 6.07 Å². The Morgan fingerprint density at radius 3 is 2.60 bits per heavy atom. The SMILES string of the molecule is CC(C)(C)[Si](C)(C)OC[C@H]1O[C@@H](n2cnc3c(N)ncnc32)[C@H](OC(=S)Oc2ccccc2)[C@@H]1F. The summed E-state index contributed by atoms with van der Waals surface area (Å²) in [5, 5.41) is -0.255. The van der Waals surface area contributed by atoms with Gasteiger partial charge in [-0.15, -0.1) is 0 Å². The second kappa shape index (κ2) is 9.76. The zero-order valence-electron chi connectivity index (χ0n) is 20.3. The lowest BCUT2D eigenvalue weighted by Crippen LogP contribution is -2.44. The van der Waals surface area contributed by atoms with Crippen LogP contribution in [0.3, 0.4) is 0 Å². The molecule has 2 N–H and O–H groups in total. The maximum absolute atomic E-state index is 15.8. The van der Waals surface area contributed by atoms with Gasteiger partial charge in [-0.2, -0.15) is 0 Å². The number of ether oxygens (including phenoxy) is 3. The van der Waals surface area contributed by atoms with E-state index < -0.39 is 32.9 Å². The Kier molecular flexibility index (Phi) is 7.09. The number of para-hydroxylation sites is 1. The highest BCUT2D eigenvalue weighted by molar-refractivity contribution is 7.79. The van der Waals surface area contributed by atoms with Crippen molar-refractivity contribution in [1.29, 1.82) is 0 Å². The number of nitrogen functional groups attached to an aromatic ring is 1. The van der Waals surface area contributed by atoms with Crippen molar-refractivity contribution in [3.8, 4) is 5.75 Å². The minimum atomic E-state index is -2.14. The topological polar surface area (TPSA) is 107 Å². The highest BCUT2D eigenvalue weighted by Crippen LogP contribution is 2.40. The molecule has 4 atom stereocenters. The number of alkyl halides is 1. The molecule has 4 rings (SSSR count). The van der Waals surface area contributed by atoms with Crippen LogP contribution in [0.5, 0.6) is 5.75 Å². The molecule has 35 heavy (non-hydrogen) atoms. The van der Waals surface area contributed by atoms with Crippen molar-refractivity contribution < 1.29 is 23.0 Å². The van der Waals surface area contributed by atoms with Crippen molar-refractivity contribution in [1.82, 2.24) is 19.5 Å². The number of imidazole rings is 1. The average molecular weight is 520 g/mol. The fraction of sp³-hybridized carbons (Fsp3) is 0.478. The van der Waals surface area contributed by atoms with Gasteiger partial charge in [0.2, 0.25) is 0 Å². The van der Waals surface area contributed by atoms with E-state index in [-0.39, 0.29) is 22.7 Å². The average Bonchev–Trinajstić information content (AvgIpc) is 3.35. The van der Waals surface area contributed by atoms with E-state index in [4.69, 9.17) is 36.6 Å². The molecule has 3 aromatic rings. The van der Waals surface area contributed by atoms with Crippen molar-refractivity contribution in [2.24, 2.45) is 0 Å². The minimum absolute atomic E-state index is 0.0349. The van der Waals surface area contributed by atoms with Gasteiger partial charge in [0.25, 0.3) is 0 Å². The maximum Gasteiger partial charge on any atom is 0.358 e. The first-order valence-electron chi connectivity index (χ1n) is 11.3. The fourth-order valence-corrected chi connectivity index (χ4v) is 4.68. The first kappa shape index (κ1) is 25.4. The van der Waals surface area contributed by atoms with Crippen LogP contribution in [-0.4, -0.2) is 58.1 Å². The van der Waals surface area contributed by atoms with E-state index in [1.165, 1.54) is 12.7 Å². The number of halogens is 1. The zero-order chi connectivity index (χ0) is 25.4. The van der Waals surface area contributed by atoms with Gasteiger partial charge in [0.1, 0.15) is 23.7 Å². The Morgan fingerprint density at radius 1 is 1.20 bits per heavy atom. The zero-order valence-corrected chi connectivity index (χ0v) is 22.2. The van der Waals surface area contributed by atoms with Gasteiger partial charge in [-0.3, -0.25) is 4.57 Å². The van der Waals surface area contributed by atoms with Crippen LogP contribution in [0.25, 0.3) is 11.2 Å². The summed E-state index contributed by atoms with van der Waals surface area (Å²) in [6.45, 7) is 10.6. The summed E-state index contributed by atoms with van der Waals surface area (Å²) >= 11 is 5.27. The van der Waals surface area contributed by atoms with E-state index in [0.717, 1.165) is 0 Å². The molecule has 0 amide bonds. The van der Waals surface area contributed by atoms with Crippen LogP contribution in [0.15, 0.2) is 43.0 Å². The van der Waals surface area contributed by atoms with Crippen LogP contribution in [0.4, 0.5) is 10.2 Å². The minimum Gasteiger partial charge on any atom is -0.445 e. The molecule has 0 unspecified atom stereocenters. The summed E-state index contributed by atoms with van der Waals surface area (Å²) in [5.74, 6) is 0.691. The molecule has 9 nitrogen and oxygen atoms in total. The number of nitrogens with zero attached hydrogens (tertiary/aromatic N) is 4. The van der Waals surface area contributed by atoms with Gasteiger partial charge >= 0.3 is 5.24 Å². The molecule has 3 heterocycles. The molecule has 0 spiro atoms. The van der Waals surface area contributed by atoms with Crippen LogP contribution >= 0.6 is 12.2 Å². The molecule has 12 heteroatoms. The number of benzene rings is 1. The Labute approximate surface area is 209 Å². The molecule has 188 valence electrons. The van der Waals surface area contributed by atoms with E-state index in [0.29, 0.717) is 16.9 Å². The van der Waals surface area contributed by atoms with Gasteiger partial charge in [0, 0.05) is 12.2 Å². The fourth-order valence-electron chi connectivity index (χ4n) is 3.46. The summed E-state index contributed by atoms with van der Waals surface area (Å²) in [4.78, 5) is 12.5. The number of rotatable bonds is 6. The number of anilines is 1. The van der Waals surface area contributed by atoms with Crippen molar-refractivity contribution in [3.05, 3.63) is 43.0 Å². The second-order valence-electron chi connectivity index (χ2n) is 9.91. The summed E-state index contributed by atoms with van der Waals surface area (Å²) in [6.07, 6.45) is -1.73. The lowest BCUT2D eigenvalue weighted by molar-refractivity contribution is -0.0473. The Balaban J connectivity index is 1.59. The van der Waals surface area contributed by atoms with Crippen LogP contribution in [-0.2, 0) is 13.9 Å². The standard InChI is InChI=1S/C23H30FN5O4SSi/c1-23(2,3)35(4,5)30-11-15-16(24)18(33-22(34)31-14-9-7-6-8-10-14)21(32-15)29-13-28-17-19(25)26-12-27-20(17)29/h6-10,12-13,15-16,18,21H,11H2,1-5H3,(H2,25,26,27)/t15-,16-,18-,21-/m1/s1. The second-order valence-corrected chi connectivity index (χ2v) is 15.1. The van der Waals surface area contributed by atoms with E-state index in [9.17, 15) is 0 Å². The first-order chi connectivity index (χ1) is 16.5.